The number of nitrogens with zero attached hydrogens (tertiary/aromatic N) is 1. The molecule has 17 heavy (non-hydrogen) atoms. The Hall–Kier alpha value is -1.07. The highest BCUT2D eigenvalue weighted by atomic mass is 35.5. The van der Waals surface area contributed by atoms with E-state index in [0.29, 0.717) is 13.0 Å². The van der Waals surface area contributed by atoms with E-state index < -0.39 is 6.04 Å². The van der Waals surface area contributed by atoms with Crippen LogP contribution in [0.5, 0.6) is 0 Å². The van der Waals surface area contributed by atoms with Crippen LogP contribution in [0.3, 0.4) is 0 Å². The summed E-state index contributed by atoms with van der Waals surface area (Å²) in [6, 6.07) is -0.425. The van der Waals surface area contributed by atoms with Crippen molar-refractivity contribution in [1.82, 2.24) is 10.5 Å². The Balaban J connectivity index is 0.00000256. The topological polar surface area (TPSA) is 81.2 Å². The minimum absolute atomic E-state index is 0. The summed E-state index contributed by atoms with van der Waals surface area (Å²) in [5.74, 6) is 0.615. The smallest absolute Gasteiger partial charge is 0.237 e. The lowest BCUT2D eigenvalue weighted by atomic mass is 10.1. The molecule has 1 rings (SSSR count). The molecule has 1 aromatic rings. The maximum absolute atomic E-state index is 11.6. The molecule has 0 aliphatic carbocycles. The molecular formula is C11H20ClN3O2. The van der Waals surface area contributed by atoms with Gasteiger partial charge in [-0.2, -0.15) is 0 Å². The third kappa shape index (κ3) is 4.36. The summed E-state index contributed by atoms with van der Waals surface area (Å²) < 4.78 is 5.00. The largest absolute Gasteiger partial charge is 0.361 e. The summed E-state index contributed by atoms with van der Waals surface area (Å²) >= 11 is 0. The third-order valence-electron chi connectivity index (χ3n) is 2.56. The molecule has 1 amide bonds. The van der Waals surface area contributed by atoms with Crippen LogP contribution >= 0.6 is 12.4 Å². The van der Waals surface area contributed by atoms with E-state index in [2.05, 4.69) is 10.5 Å². The quantitative estimate of drug-likeness (QED) is 0.841. The van der Waals surface area contributed by atoms with Gasteiger partial charge in [-0.05, 0) is 20.3 Å². The number of nitrogens with two attached hydrogens (primary N) is 1. The van der Waals surface area contributed by atoms with Crippen LogP contribution in [0.25, 0.3) is 0 Å². The van der Waals surface area contributed by atoms with Gasteiger partial charge in [0.2, 0.25) is 5.91 Å². The van der Waals surface area contributed by atoms with Gasteiger partial charge in [0.1, 0.15) is 5.76 Å². The van der Waals surface area contributed by atoms with Gasteiger partial charge in [-0.25, -0.2) is 0 Å². The number of nitrogens with one attached hydrogen (secondary N) is 1. The van der Waals surface area contributed by atoms with E-state index in [-0.39, 0.29) is 18.3 Å². The Kier molecular flexibility index (Phi) is 6.83. The van der Waals surface area contributed by atoms with Crippen LogP contribution in [0.1, 0.15) is 36.8 Å². The van der Waals surface area contributed by atoms with Crippen molar-refractivity contribution in [2.45, 2.75) is 46.2 Å². The fourth-order valence-electron chi connectivity index (χ4n) is 1.50. The van der Waals surface area contributed by atoms with Gasteiger partial charge in [-0.3, -0.25) is 4.79 Å². The molecule has 1 atom stereocenters. The van der Waals surface area contributed by atoms with Crippen LogP contribution in [-0.2, 0) is 11.3 Å². The number of rotatable bonds is 5. The highest BCUT2D eigenvalue weighted by Gasteiger charge is 2.14. The number of aromatic nitrogens is 1. The first kappa shape index (κ1) is 15.9. The minimum atomic E-state index is -0.425. The van der Waals surface area contributed by atoms with E-state index in [0.717, 1.165) is 23.4 Å². The number of hydrogen-bond donors (Lipinski definition) is 2. The van der Waals surface area contributed by atoms with Gasteiger partial charge in [0, 0.05) is 12.1 Å². The summed E-state index contributed by atoms with van der Waals surface area (Å²) in [6.45, 7) is 6.11. The average molecular weight is 262 g/mol. The van der Waals surface area contributed by atoms with Crippen LogP contribution in [0.4, 0.5) is 0 Å². The number of carbonyl (C=O) groups excluding carboxylic acids is 1. The number of hydrogen-bond acceptors (Lipinski definition) is 4. The second kappa shape index (κ2) is 7.29. The van der Waals surface area contributed by atoms with Gasteiger partial charge >= 0.3 is 0 Å². The molecule has 0 saturated carbocycles. The Bertz CT molecular complexity index is 346. The standard InChI is InChI=1S/C11H19N3O2.ClH/c1-4-5-10(12)11(15)13-6-9-7(2)14-16-8(9)3;/h10H,4-6,12H2,1-3H3,(H,13,15);1H. The summed E-state index contributed by atoms with van der Waals surface area (Å²) in [6.07, 6.45) is 1.60. The highest BCUT2D eigenvalue weighted by molar-refractivity contribution is 5.85. The molecule has 1 aromatic heterocycles. The van der Waals surface area contributed by atoms with E-state index in [1.165, 1.54) is 0 Å². The van der Waals surface area contributed by atoms with E-state index in [1.807, 2.05) is 20.8 Å². The van der Waals surface area contributed by atoms with Crippen molar-refractivity contribution in [1.29, 1.82) is 0 Å². The van der Waals surface area contributed by atoms with Gasteiger partial charge in [0.25, 0.3) is 0 Å². The van der Waals surface area contributed by atoms with Crippen molar-refractivity contribution in [3.8, 4) is 0 Å². The third-order valence-corrected chi connectivity index (χ3v) is 2.56. The molecule has 98 valence electrons. The number of amides is 1. The fraction of sp³-hybridized carbons (Fsp3) is 0.636. The normalized spacial score (nSPS) is 11.8. The molecule has 0 fully saturated rings. The summed E-state index contributed by atoms with van der Waals surface area (Å²) in [5, 5.41) is 6.61. The highest BCUT2D eigenvalue weighted by Crippen LogP contribution is 2.11. The van der Waals surface area contributed by atoms with E-state index >= 15 is 0 Å². The van der Waals surface area contributed by atoms with Crippen LogP contribution in [0.15, 0.2) is 4.52 Å². The maximum atomic E-state index is 11.6. The number of halogens is 1. The molecule has 0 radical (unpaired) electrons. The van der Waals surface area contributed by atoms with Crippen LogP contribution < -0.4 is 11.1 Å². The fourth-order valence-corrected chi connectivity index (χ4v) is 1.50. The average Bonchev–Trinajstić information content (AvgIpc) is 2.56. The lowest BCUT2D eigenvalue weighted by Crippen LogP contribution is -2.40. The summed E-state index contributed by atoms with van der Waals surface area (Å²) in [4.78, 5) is 11.6. The first-order valence-electron chi connectivity index (χ1n) is 5.51. The predicted molar refractivity (Wildman–Crippen MR) is 68.0 cm³/mol. The number of carbonyl (C=O) groups is 1. The van der Waals surface area contributed by atoms with Crippen molar-refractivity contribution >= 4 is 18.3 Å². The Labute approximate surface area is 108 Å². The molecule has 0 aliphatic heterocycles. The molecular weight excluding hydrogens is 242 g/mol. The molecule has 0 saturated heterocycles. The zero-order chi connectivity index (χ0) is 12.1. The van der Waals surface area contributed by atoms with Crippen LogP contribution in [0.2, 0.25) is 0 Å². The van der Waals surface area contributed by atoms with Gasteiger partial charge in [0.05, 0.1) is 11.7 Å². The zero-order valence-electron chi connectivity index (χ0n) is 10.4. The molecule has 1 heterocycles. The molecule has 0 aliphatic rings. The minimum Gasteiger partial charge on any atom is -0.361 e. The lowest BCUT2D eigenvalue weighted by molar-refractivity contribution is -0.122. The summed E-state index contributed by atoms with van der Waals surface area (Å²) in [5.41, 5.74) is 7.43. The monoisotopic (exact) mass is 261 g/mol. The van der Waals surface area contributed by atoms with E-state index in [9.17, 15) is 4.79 Å². The molecule has 5 nitrogen and oxygen atoms in total. The van der Waals surface area contributed by atoms with Crippen molar-refractivity contribution in [2.24, 2.45) is 5.73 Å². The Morgan fingerprint density at radius 1 is 1.53 bits per heavy atom. The first-order chi connectivity index (χ1) is 7.56. The van der Waals surface area contributed by atoms with Crippen molar-refractivity contribution in [3.05, 3.63) is 17.0 Å². The van der Waals surface area contributed by atoms with E-state index in [4.69, 9.17) is 10.3 Å². The Morgan fingerprint density at radius 2 is 2.18 bits per heavy atom. The second-order valence-corrected chi connectivity index (χ2v) is 3.92. The molecule has 0 aromatic carbocycles. The van der Waals surface area contributed by atoms with Gasteiger partial charge < -0.3 is 15.6 Å². The maximum Gasteiger partial charge on any atom is 0.237 e. The zero-order valence-corrected chi connectivity index (χ0v) is 11.3. The van der Waals surface area contributed by atoms with Gasteiger partial charge in [0.15, 0.2) is 0 Å². The molecule has 0 bridgehead atoms. The first-order valence-corrected chi connectivity index (χ1v) is 5.51. The van der Waals surface area contributed by atoms with Crippen molar-refractivity contribution in [3.63, 3.8) is 0 Å². The van der Waals surface area contributed by atoms with Crippen LogP contribution in [-0.4, -0.2) is 17.1 Å². The lowest BCUT2D eigenvalue weighted by Gasteiger charge is -2.10. The van der Waals surface area contributed by atoms with Crippen molar-refractivity contribution < 1.29 is 9.32 Å². The van der Waals surface area contributed by atoms with Crippen molar-refractivity contribution in [2.75, 3.05) is 0 Å². The predicted octanol–water partition coefficient (Wildman–Crippen LogP) is 1.46. The Morgan fingerprint density at radius 3 is 2.65 bits per heavy atom. The molecule has 6 heteroatoms. The van der Waals surface area contributed by atoms with E-state index in [1.54, 1.807) is 0 Å². The number of aryl methyl sites for hydroxylation is 2. The van der Waals surface area contributed by atoms with Gasteiger partial charge in [-0.15, -0.1) is 12.4 Å². The van der Waals surface area contributed by atoms with Gasteiger partial charge in [-0.1, -0.05) is 18.5 Å². The second-order valence-electron chi connectivity index (χ2n) is 3.92. The molecule has 1 unspecified atom stereocenters. The summed E-state index contributed by atoms with van der Waals surface area (Å²) in [7, 11) is 0. The molecule has 3 N–H and O–H groups in total. The van der Waals surface area contributed by atoms with Crippen LogP contribution in [0, 0.1) is 13.8 Å². The SMILES string of the molecule is CCCC(N)C(=O)NCc1c(C)noc1C.Cl. The molecule has 0 spiro atoms.